The molecule has 1 aromatic carbocycles. The molecule has 5 heteroatoms. The van der Waals surface area contributed by atoms with Crippen molar-refractivity contribution in [1.29, 1.82) is 0 Å². The predicted molar refractivity (Wildman–Crippen MR) is 84.1 cm³/mol. The summed E-state index contributed by atoms with van der Waals surface area (Å²) in [6.45, 7) is 8.19. The molecule has 0 bridgehead atoms. The summed E-state index contributed by atoms with van der Waals surface area (Å²) in [6, 6.07) is 6.06. The van der Waals surface area contributed by atoms with E-state index in [2.05, 4.69) is 5.10 Å². The lowest BCUT2D eigenvalue weighted by atomic mass is 10.1. The minimum atomic E-state index is -0.488. The molecule has 1 amide bonds. The number of halogens is 1. The summed E-state index contributed by atoms with van der Waals surface area (Å²) < 4.78 is 15.7. The topological polar surface area (TPSA) is 38.1 Å². The van der Waals surface area contributed by atoms with Gasteiger partial charge in [-0.05, 0) is 39.8 Å². The van der Waals surface area contributed by atoms with Crippen molar-refractivity contribution in [2.24, 2.45) is 7.05 Å². The van der Waals surface area contributed by atoms with Gasteiger partial charge in [0.1, 0.15) is 5.82 Å². The molecular formula is C17H22FN3O. The summed E-state index contributed by atoms with van der Waals surface area (Å²) in [6.07, 6.45) is 0. The van der Waals surface area contributed by atoms with Crippen LogP contribution in [0.25, 0.3) is 0 Å². The van der Waals surface area contributed by atoms with E-state index < -0.39 is 5.82 Å². The van der Waals surface area contributed by atoms with Crippen molar-refractivity contribution in [3.05, 3.63) is 52.6 Å². The standard InChI is InChI=1S/C17H22FN3O/c1-11(2)21(10-15-12(3)19-20(5)13(15)4)17(22)14-8-6-7-9-16(14)18/h6-9,11H,10H2,1-5H3. The molecule has 0 aliphatic heterocycles. The smallest absolute Gasteiger partial charge is 0.257 e. The zero-order valence-electron chi connectivity index (χ0n) is 13.7. The minimum absolute atomic E-state index is 0.0360. The van der Waals surface area contributed by atoms with E-state index >= 15 is 0 Å². The van der Waals surface area contributed by atoms with Gasteiger partial charge in [0.05, 0.1) is 11.3 Å². The first-order valence-electron chi connectivity index (χ1n) is 7.37. The quantitative estimate of drug-likeness (QED) is 0.870. The van der Waals surface area contributed by atoms with Crippen LogP contribution >= 0.6 is 0 Å². The number of rotatable bonds is 4. The monoisotopic (exact) mass is 303 g/mol. The molecule has 0 saturated carbocycles. The van der Waals surface area contributed by atoms with E-state index in [4.69, 9.17) is 0 Å². The van der Waals surface area contributed by atoms with Crippen molar-refractivity contribution in [3.63, 3.8) is 0 Å². The maximum atomic E-state index is 13.9. The number of nitrogens with zero attached hydrogens (tertiary/aromatic N) is 3. The highest BCUT2D eigenvalue weighted by Crippen LogP contribution is 2.19. The van der Waals surface area contributed by atoms with Gasteiger partial charge in [-0.25, -0.2) is 4.39 Å². The van der Waals surface area contributed by atoms with Crippen molar-refractivity contribution < 1.29 is 9.18 Å². The largest absolute Gasteiger partial charge is 0.332 e. The summed E-state index contributed by atoms with van der Waals surface area (Å²) in [7, 11) is 1.88. The van der Waals surface area contributed by atoms with E-state index in [0.717, 1.165) is 17.0 Å². The lowest BCUT2D eigenvalue weighted by Gasteiger charge is -2.27. The molecule has 118 valence electrons. The van der Waals surface area contributed by atoms with Crippen molar-refractivity contribution >= 4 is 5.91 Å². The van der Waals surface area contributed by atoms with E-state index in [9.17, 15) is 9.18 Å². The van der Waals surface area contributed by atoms with Gasteiger partial charge in [0.25, 0.3) is 5.91 Å². The van der Waals surface area contributed by atoms with Crippen molar-refractivity contribution in [2.75, 3.05) is 0 Å². The molecule has 4 nitrogen and oxygen atoms in total. The van der Waals surface area contributed by atoms with E-state index in [1.54, 1.807) is 21.7 Å². The van der Waals surface area contributed by atoms with Gasteiger partial charge < -0.3 is 4.90 Å². The molecule has 0 aliphatic carbocycles. The molecule has 0 aliphatic rings. The lowest BCUT2D eigenvalue weighted by molar-refractivity contribution is 0.0685. The van der Waals surface area contributed by atoms with Crippen molar-refractivity contribution in [1.82, 2.24) is 14.7 Å². The van der Waals surface area contributed by atoms with Crippen LogP contribution in [0.5, 0.6) is 0 Å². The fourth-order valence-electron chi connectivity index (χ4n) is 2.49. The lowest BCUT2D eigenvalue weighted by Crippen LogP contribution is -2.37. The Labute approximate surface area is 130 Å². The minimum Gasteiger partial charge on any atom is -0.332 e. The van der Waals surface area contributed by atoms with Crippen LogP contribution in [-0.4, -0.2) is 26.6 Å². The van der Waals surface area contributed by atoms with Gasteiger partial charge in [-0.2, -0.15) is 5.10 Å². The highest BCUT2D eigenvalue weighted by Gasteiger charge is 2.24. The molecule has 1 heterocycles. The van der Waals surface area contributed by atoms with Crippen LogP contribution in [0.15, 0.2) is 24.3 Å². The Morgan fingerprint density at radius 1 is 1.32 bits per heavy atom. The van der Waals surface area contributed by atoms with Crippen LogP contribution in [0, 0.1) is 19.7 Å². The second kappa shape index (κ2) is 6.30. The Bertz CT molecular complexity index is 691. The number of amides is 1. The predicted octanol–water partition coefficient (Wildman–Crippen LogP) is 3.23. The van der Waals surface area contributed by atoms with E-state index in [1.165, 1.54) is 12.1 Å². The second-order valence-corrected chi connectivity index (χ2v) is 5.78. The number of aromatic nitrogens is 2. The Morgan fingerprint density at radius 3 is 2.45 bits per heavy atom. The average Bonchev–Trinajstić information content (AvgIpc) is 2.69. The molecule has 0 unspecified atom stereocenters. The average molecular weight is 303 g/mol. The molecule has 0 radical (unpaired) electrons. The van der Waals surface area contributed by atoms with E-state index in [1.807, 2.05) is 34.7 Å². The van der Waals surface area contributed by atoms with Crippen molar-refractivity contribution in [2.45, 2.75) is 40.3 Å². The molecule has 0 atom stereocenters. The van der Waals surface area contributed by atoms with Crippen LogP contribution < -0.4 is 0 Å². The number of benzene rings is 1. The third-order valence-electron chi connectivity index (χ3n) is 3.98. The maximum Gasteiger partial charge on any atom is 0.257 e. The SMILES string of the molecule is Cc1nn(C)c(C)c1CN(C(=O)c1ccccc1F)C(C)C. The molecule has 0 saturated heterocycles. The number of carbonyl (C=O) groups is 1. The fourth-order valence-corrected chi connectivity index (χ4v) is 2.49. The first kappa shape index (κ1) is 16.2. The molecular weight excluding hydrogens is 281 g/mol. The van der Waals surface area contributed by atoms with Gasteiger partial charge >= 0.3 is 0 Å². The Kier molecular flexibility index (Phi) is 4.64. The second-order valence-electron chi connectivity index (χ2n) is 5.78. The van der Waals surface area contributed by atoms with Gasteiger partial charge in [-0.15, -0.1) is 0 Å². The molecule has 1 aromatic heterocycles. The maximum absolute atomic E-state index is 13.9. The third-order valence-corrected chi connectivity index (χ3v) is 3.98. The van der Waals surface area contributed by atoms with Gasteiger partial charge in [-0.3, -0.25) is 9.48 Å². The fraction of sp³-hybridized carbons (Fsp3) is 0.412. The van der Waals surface area contributed by atoms with Gasteiger partial charge in [0.15, 0.2) is 0 Å². The third kappa shape index (κ3) is 3.03. The molecule has 0 spiro atoms. The number of aryl methyl sites for hydroxylation is 2. The molecule has 22 heavy (non-hydrogen) atoms. The molecule has 2 aromatic rings. The Morgan fingerprint density at radius 2 is 1.95 bits per heavy atom. The summed E-state index contributed by atoms with van der Waals surface area (Å²) in [5.41, 5.74) is 3.03. The first-order valence-corrected chi connectivity index (χ1v) is 7.37. The van der Waals surface area contributed by atoms with E-state index in [-0.39, 0.29) is 17.5 Å². The van der Waals surface area contributed by atoms with Crippen LogP contribution in [0.4, 0.5) is 4.39 Å². The summed E-state index contributed by atoms with van der Waals surface area (Å²) in [5.74, 6) is -0.784. The van der Waals surface area contributed by atoms with Gasteiger partial charge in [0, 0.05) is 30.9 Å². The molecule has 0 fully saturated rings. The van der Waals surface area contributed by atoms with Crippen LogP contribution in [-0.2, 0) is 13.6 Å². The summed E-state index contributed by atoms with van der Waals surface area (Å²) in [4.78, 5) is 14.4. The highest BCUT2D eigenvalue weighted by molar-refractivity contribution is 5.94. The Balaban J connectivity index is 2.35. The summed E-state index contributed by atoms with van der Waals surface area (Å²) in [5, 5.41) is 4.38. The van der Waals surface area contributed by atoms with Gasteiger partial charge in [0.2, 0.25) is 0 Å². The normalized spacial score (nSPS) is 11.0. The molecule has 2 rings (SSSR count). The number of hydrogen-bond acceptors (Lipinski definition) is 2. The zero-order chi connectivity index (χ0) is 16.4. The van der Waals surface area contributed by atoms with Crippen LogP contribution in [0.2, 0.25) is 0 Å². The van der Waals surface area contributed by atoms with Crippen LogP contribution in [0.3, 0.4) is 0 Å². The highest BCUT2D eigenvalue weighted by atomic mass is 19.1. The Hall–Kier alpha value is -2.17. The van der Waals surface area contributed by atoms with E-state index in [0.29, 0.717) is 6.54 Å². The van der Waals surface area contributed by atoms with Crippen molar-refractivity contribution in [3.8, 4) is 0 Å². The molecule has 0 N–H and O–H groups in total. The summed E-state index contributed by atoms with van der Waals surface area (Å²) >= 11 is 0. The van der Waals surface area contributed by atoms with Gasteiger partial charge in [-0.1, -0.05) is 12.1 Å². The van der Waals surface area contributed by atoms with Crippen LogP contribution in [0.1, 0.15) is 41.2 Å². The number of carbonyl (C=O) groups excluding carboxylic acids is 1. The first-order chi connectivity index (χ1) is 10.3. The number of hydrogen-bond donors (Lipinski definition) is 0. The zero-order valence-corrected chi connectivity index (χ0v) is 13.7.